The van der Waals surface area contributed by atoms with Crippen molar-refractivity contribution in [3.8, 4) is 0 Å². The van der Waals surface area contributed by atoms with Crippen molar-refractivity contribution >= 4 is 22.0 Å². The maximum atomic E-state index is 11.5. The van der Waals surface area contributed by atoms with Crippen LogP contribution in [0.3, 0.4) is 0 Å². The summed E-state index contributed by atoms with van der Waals surface area (Å²) in [6.45, 7) is 7.13. The first kappa shape index (κ1) is 17.3. The Morgan fingerprint density at radius 3 is 2.73 bits per heavy atom. The minimum Gasteiger partial charge on any atom is -0.444 e. The molecule has 0 bridgehead atoms. The van der Waals surface area contributed by atoms with Crippen LogP contribution < -0.4 is 10.6 Å². The van der Waals surface area contributed by atoms with E-state index in [-0.39, 0.29) is 6.09 Å². The summed E-state index contributed by atoms with van der Waals surface area (Å²) in [7, 11) is 0. The molecule has 2 rings (SSSR count). The molecule has 1 atom stereocenters. The van der Waals surface area contributed by atoms with Crippen LogP contribution in [-0.2, 0) is 17.6 Å². The van der Waals surface area contributed by atoms with Crippen LogP contribution in [0.4, 0.5) is 4.79 Å². The summed E-state index contributed by atoms with van der Waals surface area (Å²) >= 11 is 3.52. The molecule has 1 aliphatic rings. The van der Waals surface area contributed by atoms with Crippen LogP contribution in [0.1, 0.15) is 38.3 Å². The Hall–Kier alpha value is -1.07. The van der Waals surface area contributed by atoms with Gasteiger partial charge in [-0.3, -0.25) is 0 Å². The molecule has 0 spiro atoms. The van der Waals surface area contributed by atoms with Gasteiger partial charge in [0.15, 0.2) is 0 Å². The molecule has 0 fully saturated rings. The summed E-state index contributed by atoms with van der Waals surface area (Å²) in [6, 6.07) is 7.02. The molecule has 1 amide bonds. The summed E-state index contributed by atoms with van der Waals surface area (Å²) < 4.78 is 6.34. The van der Waals surface area contributed by atoms with E-state index in [0.29, 0.717) is 12.6 Å². The first-order chi connectivity index (χ1) is 10.3. The second-order valence-electron chi connectivity index (χ2n) is 6.75. The van der Waals surface area contributed by atoms with Crippen LogP contribution in [0, 0.1) is 0 Å². The van der Waals surface area contributed by atoms with E-state index in [9.17, 15) is 4.79 Å². The van der Waals surface area contributed by atoms with Gasteiger partial charge in [0.2, 0.25) is 0 Å². The van der Waals surface area contributed by atoms with Gasteiger partial charge >= 0.3 is 6.09 Å². The van der Waals surface area contributed by atoms with E-state index < -0.39 is 5.60 Å². The average molecular weight is 369 g/mol. The minimum atomic E-state index is -0.438. The van der Waals surface area contributed by atoms with Crippen LogP contribution in [-0.4, -0.2) is 30.8 Å². The maximum Gasteiger partial charge on any atom is 0.407 e. The van der Waals surface area contributed by atoms with Crippen LogP contribution in [0.15, 0.2) is 22.7 Å². The highest BCUT2D eigenvalue weighted by atomic mass is 79.9. The van der Waals surface area contributed by atoms with Crippen molar-refractivity contribution in [2.24, 2.45) is 0 Å². The lowest BCUT2D eigenvalue weighted by Gasteiger charge is -2.19. The molecule has 1 aromatic rings. The Morgan fingerprint density at radius 2 is 2.00 bits per heavy atom. The molecular weight excluding hydrogens is 344 g/mol. The van der Waals surface area contributed by atoms with Crippen molar-refractivity contribution < 1.29 is 9.53 Å². The van der Waals surface area contributed by atoms with Crippen molar-refractivity contribution in [1.82, 2.24) is 10.6 Å². The zero-order chi connectivity index (χ0) is 16.2. The van der Waals surface area contributed by atoms with E-state index in [1.165, 1.54) is 11.1 Å². The predicted molar refractivity (Wildman–Crippen MR) is 92.2 cm³/mol. The minimum absolute atomic E-state index is 0.342. The molecule has 0 saturated carbocycles. The zero-order valence-corrected chi connectivity index (χ0v) is 15.1. The Balaban J connectivity index is 1.60. The number of fused-ring (bicyclic) bond motifs is 1. The van der Waals surface area contributed by atoms with E-state index >= 15 is 0 Å². The Labute approximate surface area is 141 Å². The first-order valence-electron chi connectivity index (χ1n) is 7.81. The van der Waals surface area contributed by atoms with Gasteiger partial charge in [-0.15, -0.1) is 0 Å². The SMILES string of the molecule is CC(C)(C)OC(=O)NCCCNC1Cc2ccc(Br)cc2C1. The third-order valence-corrected chi connectivity index (χ3v) is 4.05. The number of carbonyl (C=O) groups excluding carboxylic acids is 1. The molecule has 0 saturated heterocycles. The molecule has 2 N–H and O–H groups in total. The number of alkyl carbamates (subject to hydrolysis) is 1. The van der Waals surface area contributed by atoms with Gasteiger partial charge in [0.25, 0.3) is 0 Å². The highest BCUT2D eigenvalue weighted by molar-refractivity contribution is 9.10. The van der Waals surface area contributed by atoms with Crippen molar-refractivity contribution in [2.45, 2.75) is 51.7 Å². The normalized spacial score (nSPS) is 17.2. The van der Waals surface area contributed by atoms with Gasteiger partial charge in [-0.1, -0.05) is 22.0 Å². The molecular formula is C17H25BrN2O2. The molecule has 22 heavy (non-hydrogen) atoms. The zero-order valence-electron chi connectivity index (χ0n) is 13.5. The van der Waals surface area contributed by atoms with Gasteiger partial charge in [0.05, 0.1) is 0 Å². The third kappa shape index (κ3) is 5.61. The molecule has 5 heteroatoms. The Bertz CT molecular complexity index is 526. The van der Waals surface area contributed by atoms with Crippen LogP contribution in [0.2, 0.25) is 0 Å². The Kier molecular flexibility index (Phi) is 5.87. The number of carbonyl (C=O) groups is 1. The van der Waals surface area contributed by atoms with Crippen molar-refractivity contribution in [2.75, 3.05) is 13.1 Å². The average Bonchev–Trinajstić information content (AvgIpc) is 2.78. The summed E-state index contributed by atoms with van der Waals surface area (Å²) in [5.41, 5.74) is 2.43. The number of rotatable bonds is 5. The van der Waals surface area contributed by atoms with Crippen LogP contribution >= 0.6 is 15.9 Å². The number of ether oxygens (including phenoxy) is 1. The van der Waals surface area contributed by atoms with E-state index in [0.717, 1.165) is 30.3 Å². The van der Waals surface area contributed by atoms with Crippen molar-refractivity contribution in [3.63, 3.8) is 0 Å². The van der Waals surface area contributed by atoms with Gasteiger partial charge < -0.3 is 15.4 Å². The number of hydrogen-bond acceptors (Lipinski definition) is 3. The highest BCUT2D eigenvalue weighted by Crippen LogP contribution is 2.25. The lowest BCUT2D eigenvalue weighted by Crippen LogP contribution is -2.35. The molecule has 0 heterocycles. The van der Waals surface area contributed by atoms with Gasteiger partial charge in [-0.25, -0.2) is 4.79 Å². The van der Waals surface area contributed by atoms with Gasteiger partial charge in [0, 0.05) is 17.1 Å². The fourth-order valence-corrected chi connectivity index (χ4v) is 3.04. The Morgan fingerprint density at radius 1 is 1.27 bits per heavy atom. The standard InChI is InChI=1S/C17H25BrN2O2/c1-17(2,3)22-16(21)20-8-4-7-19-15-10-12-5-6-14(18)9-13(12)11-15/h5-6,9,15,19H,4,7-8,10-11H2,1-3H3,(H,20,21). The first-order valence-corrected chi connectivity index (χ1v) is 8.60. The summed E-state index contributed by atoms with van der Waals surface area (Å²) in [6.07, 6.45) is 2.72. The smallest absolute Gasteiger partial charge is 0.407 e. The highest BCUT2D eigenvalue weighted by Gasteiger charge is 2.20. The number of nitrogens with one attached hydrogen (secondary N) is 2. The maximum absolute atomic E-state index is 11.5. The lowest BCUT2D eigenvalue weighted by molar-refractivity contribution is 0.0527. The number of hydrogen-bond donors (Lipinski definition) is 2. The van der Waals surface area contributed by atoms with Gasteiger partial charge in [-0.05, 0) is 69.8 Å². The largest absolute Gasteiger partial charge is 0.444 e. The van der Waals surface area contributed by atoms with Gasteiger partial charge in [-0.2, -0.15) is 0 Å². The molecule has 122 valence electrons. The van der Waals surface area contributed by atoms with E-state index in [1.54, 1.807) is 0 Å². The van der Waals surface area contributed by atoms with Gasteiger partial charge in [0.1, 0.15) is 5.60 Å². The van der Waals surface area contributed by atoms with E-state index in [1.807, 2.05) is 20.8 Å². The monoisotopic (exact) mass is 368 g/mol. The third-order valence-electron chi connectivity index (χ3n) is 3.56. The fourth-order valence-electron chi connectivity index (χ4n) is 2.63. The predicted octanol–water partition coefficient (Wildman–Crippen LogP) is 3.42. The second kappa shape index (κ2) is 7.47. The number of amides is 1. The molecule has 0 radical (unpaired) electrons. The molecule has 1 unspecified atom stereocenters. The van der Waals surface area contributed by atoms with Crippen LogP contribution in [0.25, 0.3) is 0 Å². The molecule has 0 aromatic heterocycles. The molecule has 1 aromatic carbocycles. The quantitative estimate of drug-likeness (QED) is 0.782. The van der Waals surface area contributed by atoms with Crippen LogP contribution in [0.5, 0.6) is 0 Å². The fraction of sp³-hybridized carbons (Fsp3) is 0.588. The second-order valence-corrected chi connectivity index (χ2v) is 7.67. The van der Waals surface area contributed by atoms with E-state index in [4.69, 9.17) is 4.74 Å². The summed E-state index contributed by atoms with van der Waals surface area (Å²) in [4.78, 5) is 11.5. The van der Waals surface area contributed by atoms with Crippen molar-refractivity contribution in [3.05, 3.63) is 33.8 Å². The van der Waals surface area contributed by atoms with E-state index in [2.05, 4.69) is 44.8 Å². The lowest BCUT2D eigenvalue weighted by atomic mass is 10.1. The summed E-state index contributed by atoms with van der Waals surface area (Å²) in [5.74, 6) is 0. The van der Waals surface area contributed by atoms with Crippen molar-refractivity contribution in [1.29, 1.82) is 0 Å². The molecule has 1 aliphatic carbocycles. The topological polar surface area (TPSA) is 50.4 Å². The summed E-state index contributed by atoms with van der Waals surface area (Å²) in [5, 5.41) is 6.34. The molecule has 0 aliphatic heterocycles. The molecule has 4 nitrogen and oxygen atoms in total. The number of benzene rings is 1. The number of halogens is 1.